The molecule has 2 aromatic carbocycles. The average Bonchev–Trinajstić information content (AvgIpc) is 3.32. The van der Waals surface area contributed by atoms with Crippen LogP contribution in [0.3, 0.4) is 0 Å². The number of benzene rings is 2. The summed E-state index contributed by atoms with van der Waals surface area (Å²) >= 11 is 6.35. The summed E-state index contributed by atoms with van der Waals surface area (Å²) in [6, 6.07) is 16.6. The molecule has 0 spiro atoms. The summed E-state index contributed by atoms with van der Waals surface area (Å²) in [5.41, 5.74) is 0.636. The van der Waals surface area contributed by atoms with Crippen molar-refractivity contribution in [1.82, 2.24) is 3.93 Å². The molecule has 2 aliphatic carbocycles. The van der Waals surface area contributed by atoms with Gasteiger partial charge in [0.1, 0.15) is 0 Å². The van der Waals surface area contributed by atoms with Crippen LogP contribution in [0.2, 0.25) is 0 Å². The second kappa shape index (κ2) is 24.9. The van der Waals surface area contributed by atoms with Gasteiger partial charge in [0.15, 0.2) is 0 Å². The van der Waals surface area contributed by atoms with Crippen LogP contribution >= 0.6 is 32.1 Å². The minimum Gasteiger partial charge on any atom is -0.358 e. The molecule has 3 aliphatic rings. The summed E-state index contributed by atoms with van der Waals surface area (Å²) < 4.78 is 0.979. The van der Waals surface area contributed by atoms with E-state index < -0.39 is 11.9 Å². The number of nitrogens with zero attached hydrogens (tertiary/aromatic N) is 1. The molecule has 1 radical (unpaired) electrons. The third-order valence-electron chi connectivity index (χ3n) is 6.06. The molecule has 2 amide bonds. The van der Waals surface area contributed by atoms with E-state index in [1.807, 2.05) is 0 Å². The molecule has 5 rings (SSSR count). The summed E-state index contributed by atoms with van der Waals surface area (Å²) in [4.78, 5) is 53.4. The van der Waals surface area contributed by atoms with Crippen LogP contribution in [-0.2, 0) is 37.9 Å². The van der Waals surface area contributed by atoms with Gasteiger partial charge in [-0.3, -0.25) is 9.59 Å². The number of carbonyl (C=O) groups is 4. The predicted molar refractivity (Wildman–Crippen MR) is 173 cm³/mol. The molecular weight excluding hydrogens is 717 g/mol. The molecule has 1 saturated heterocycles. The molecule has 1 heterocycles. The van der Waals surface area contributed by atoms with Crippen LogP contribution in [0.25, 0.3) is 0 Å². The summed E-state index contributed by atoms with van der Waals surface area (Å²) in [7, 11) is 0. The molecule has 1 unspecified atom stereocenters. The predicted octanol–water partition coefficient (Wildman–Crippen LogP) is 8.90. The van der Waals surface area contributed by atoms with Gasteiger partial charge >= 0.3 is 11.9 Å². The van der Waals surface area contributed by atoms with Crippen molar-refractivity contribution in [3.8, 4) is 0 Å². The first kappa shape index (κ1) is 40.5. The van der Waals surface area contributed by atoms with Crippen LogP contribution in [0.15, 0.2) is 85.0 Å². The molecule has 1 aliphatic heterocycles. The number of carbonyl (C=O) groups excluding carboxylic acids is 4. The van der Waals surface area contributed by atoms with Crippen molar-refractivity contribution in [3.05, 3.63) is 104 Å². The molecule has 1 atom stereocenters. The van der Waals surface area contributed by atoms with Crippen LogP contribution in [0.5, 0.6) is 0 Å². The number of hydrogen-bond donors (Lipinski definition) is 0. The third-order valence-corrected chi connectivity index (χ3v) is 7.61. The maximum Gasteiger partial charge on any atom is 0.386 e. The van der Waals surface area contributed by atoms with E-state index in [1.54, 1.807) is 60.7 Å². The minimum absolute atomic E-state index is 0. The van der Waals surface area contributed by atoms with Crippen LogP contribution in [-0.4, -0.2) is 32.5 Å². The van der Waals surface area contributed by atoms with Gasteiger partial charge in [-0.05, 0) is 69.2 Å². The smallest absolute Gasteiger partial charge is 0.358 e. The van der Waals surface area contributed by atoms with E-state index in [0.717, 1.165) is 3.93 Å². The summed E-state index contributed by atoms with van der Waals surface area (Å²) in [5, 5.41) is 0. The number of imide groups is 1. The zero-order valence-electron chi connectivity index (χ0n) is 24.5. The van der Waals surface area contributed by atoms with Gasteiger partial charge in [0, 0.05) is 36.2 Å². The normalized spacial score (nSPS) is 16.9. The van der Waals surface area contributed by atoms with E-state index in [2.05, 4.69) is 66.2 Å². The SMILES string of the molecule is BrC1C=CCCCC1.C1=CCCCCC1.O=C(OOC(=O)c1ccccc1)c1ccccc1.O=C1CCC(=O)N1Br.[CH3-].[V]. The molecule has 0 bridgehead atoms. The van der Waals surface area contributed by atoms with E-state index in [-0.39, 0.29) is 37.8 Å². The van der Waals surface area contributed by atoms with Crippen LogP contribution in [0, 0.1) is 7.43 Å². The quantitative estimate of drug-likeness (QED) is 0.0579. The van der Waals surface area contributed by atoms with E-state index in [1.165, 1.54) is 57.8 Å². The van der Waals surface area contributed by atoms with E-state index >= 15 is 0 Å². The Labute approximate surface area is 284 Å². The summed E-state index contributed by atoms with van der Waals surface area (Å²) in [6.07, 6.45) is 22.1. The van der Waals surface area contributed by atoms with Gasteiger partial charge in [0.25, 0.3) is 0 Å². The molecule has 7 nitrogen and oxygen atoms in total. The van der Waals surface area contributed by atoms with E-state index in [4.69, 9.17) is 0 Å². The van der Waals surface area contributed by atoms with E-state index in [0.29, 0.717) is 28.8 Å². The van der Waals surface area contributed by atoms with Crippen molar-refractivity contribution in [2.24, 2.45) is 0 Å². The number of amides is 2. The van der Waals surface area contributed by atoms with Crippen LogP contribution in [0.4, 0.5) is 0 Å². The summed E-state index contributed by atoms with van der Waals surface area (Å²) in [5.74, 6) is -1.70. The van der Waals surface area contributed by atoms with Crippen LogP contribution in [0.1, 0.15) is 91.3 Å². The first-order valence-electron chi connectivity index (χ1n) is 13.9. The van der Waals surface area contributed by atoms with Gasteiger partial charge in [0.05, 0.1) is 27.3 Å². The van der Waals surface area contributed by atoms with Gasteiger partial charge < -0.3 is 7.43 Å². The van der Waals surface area contributed by atoms with Gasteiger partial charge in [0.2, 0.25) is 11.8 Å². The Balaban J connectivity index is 0.000000593. The summed E-state index contributed by atoms with van der Waals surface area (Å²) in [6.45, 7) is 0. The molecular formula is C33H40Br2NO6V-. The molecule has 233 valence electrons. The third kappa shape index (κ3) is 18.1. The Hall–Kier alpha value is -2.46. The topological polar surface area (TPSA) is 90.0 Å². The molecule has 43 heavy (non-hydrogen) atoms. The van der Waals surface area contributed by atoms with Gasteiger partial charge in [-0.15, -0.1) is 0 Å². The molecule has 0 aromatic heterocycles. The van der Waals surface area contributed by atoms with Crippen LogP contribution < -0.4 is 0 Å². The molecule has 1 fully saturated rings. The van der Waals surface area contributed by atoms with Crippen molar-refractivity contribution >= 4 is 55.8 Å². The Morgan fingerprint density at radius 2 is 1.09 bits per heavy atom. The number of rotatable bonds is 2. The fraction of sp³-hybridized carbons (Fsp3) is 0.364. The number of hydrogen-bond acceptors (Lipinski definition) is 6. The van der Waals surface area contributed by atoms with Gasteiger partial charge in [-0.25, -0.2) is 23.3 Å². The first-order chi connectivity index (χ1) is 19.9. The maximum atomic E-state index is 11.5. The zero-order valence-corrected chi connectivity index (χ0v) is 29.1. The van der Waals surface area contributed by atoms with Crippen molar-refractivity contribution in [2.75, 3.05) is 0 Å². The Morgan fingerprint density at radius 1 is 0.674 bits per heavy atom. The standard InChI is InChI=1S/C14H10O4.C7H11Br.C7H12.C4H4BrNO2.CH3.V/c15-13(11-7-3-1-4-8-11)17-18-14(16)12-9-5-2-6-10-12;8-7-5-3-1-2-4-6-7;1-2-4-6-7-5-3-1;5-6-3(7)1-2-4(6)8;;/h1-10H;3,5,7H,1-2,4,6H2;1-2H,3-7H2;1-2H2;1H3;/q;;;;-1;. The maximum absolute atomic E-state index is 11.5. The Bertz CT molecular complexity index is 1070. The number of allylic oxidation sites excluding steroid dienone is 4. The van der Waals surface area contributed by atoms with Crippen molar-refractivity contribution in [3.63, 3.8) is 0 Å². The van der Waals surface area contributed by atoms with Gasteiger partial charge in [-0.2, -0.15) is 0 Å². The fourth-order valence-electron chi connectivity index (χ4n) is 3.75. The van der Waals surface area contributed by atoms with Crippen molar-refractivity contribution < 1.29 is 47.5 Å². The Morgan fingerprint density at radius 3 is 1.51 bits per heavy atom. The minimum atomic E-state index is -0.708. The first-order valence-corrected chi connectivity index (χ1v) is 15.5. The van der Waals surface area contributed by atoms with Crippen molar-refractivity contribution in [2.45, 2.75) is 75.5 Å². The van der Waals surface area contributed by atoms with Crippen molar-refractivity contribution in [1.29, 1.82) is 0 Å². The monoisotopic (exact) mass is 755 g/mol. The largest absolute Gasteiger partial charge is 0.386 e. The molecule has 2 aromatic rings. The second-order valence-electron chi connectivity index (χ2n) is 9.38. The molecule has 0 N–H and O–H groups in total. The molecule has 10 heteroatoms. The number of alkyl halides is 1. The fourth-order valence-corrected chi connectivity index (χ4v) is 4.64. The number of halogens is 2. The van der Waals surface area contributed by atoms with E-state index in [9.17, 15) is 19.2 Å². The Kier molecular flexibility index (Phi) is 23.5. The molecule has 0 saturated carbocycles. The zero-order chi connectivity index (χ0) is 29.7. The van der Waals surface area contributed by atoms with Gasteiger partial charge in [-0.1, -0.05) is 89.5 Å². The second-order valence-corrected chi connectivity index (χ2v) is 11.3. The average molecular weight is 757 g/mol.